The molecule has 0 bridgehead atoms. The van der Waals surface area contributed by atoms with Crippen molar-refractivity contribution in [2.45, 2.75) is 19.9 Å². The van der Waals surface area contributed by atoms with Crippen LogP contribution in [-0.2, 0) is 11.3 Å². The van der Waals surface area contributed by atoms with E-state index in [1.807, 2.05) is 18.2 Å². The number of ketones is 1. The average molecular weight is 282 g/mol. The average Bonchev–Trinajstić information content (AvgIpc) is 2.39. The van der Waals surface area contributed by atoms with E-state index in [0.717, 1.165) is 15.6 Å². The first-order valence-corrected chi connectivity index (χ1v) is 5.94. The lowest BCUT2D eigenvalue weighted by atomic mass is 10.0. The highest BCUT2D eigenvalue weighted by molar-refractivity contribution is 9.10. The summed E-state index contributed by atoms with van der Waals surface area (Å²) in [5, 5.41) is 0. The molecule has 0 aromatic heterocycles. The Morgan fingerprint density at radius 2 is 2.19 bits per heavy atom. The molecule has 0 radical (unpaired) electrons. The third-order valence-electron chi connectivity index (χ3n) is 2.79. The van der Waals surface area contributed by atoms with Crippen LogP contribution >= 0.6 is 15.9 Å². The van der Waals surface area contributed by atoms with Gasteiger partial charge in [-0.1, -0.05) is 22.0 Å². The molecule has 0 saturated heterocycles. The number of rotatable bonds is 0. The smallest absolute Gasteiger partial charge is 0.219 e. The summed E-state index contributed by atoms with van der Waals surface area (Å²) in [6.45, 7) is 2.58. The minimum Gasteiger partial charge on any atom is -0.338 e. The first kappa shape index (κ1) is 11.3. The van der Waals surface area contributed by atoms with E-state index in [9.17, 15) is 9.59 Å². The molecule has 0 unspecified atom stereocenters. The molecule has 0 N–H and O–H groups in total. The van der Waals surface area contributed by atoms with E-state index in [0.29, 0.717) is 19.5 Å². The van der Waals surface area contributed by atoms with Crippen molar-refractivity contribution in [1.82, 2.24) is 4.90 Å². The van der Waals surface area contributed by atoms with Gasteiger partial charge in [0.15, 0.2) is 5.78 Å². The molecule has 1 heterocycles. The lowest BCUT2D eigenvalue weighted by molar-refractivity contribution is -0.129. The molecule has 0 atom stereocenters. The van der Waals surface area contributed by atoms with Gasteiger partial charge in [0.25, 0.3) is 0 Å². The van der Waals surface area contributed by atoms with Crippen molar-refractivity contribution >= 4 is 27.6 Å². The van der Waals surface area contributed by atoms with Crippen LogP contribution in [0.25, 0.3) is 0 Å². The number of Topliss-reactive ketones (excluding diaryl/α,β-unsaturated/α-hetero) is 1. The fourth-order valence-corrected chi connectivity index (χ4v) is 2.23. The van der Waals surface area contributed by atoms with Gasteiger partial charge in [-0.2, -0.15) is 0 Å². The molecule has 0 aliphatic carbocycles. The highest BCUT2D eigenvalue weighted by atomic mass is 79.9. The van der Waals surface area contributed by atoms with Crippen molar-refractivity contribution in [3.8, 4) is 0 Å². The van der Waals surface area contributed by atoms with Gasteiger partial charge in [0.1, 0.15) is 0 Å². The van der Waals surface area contributed by atoms with E-state index < -0.39 is 0 Å². The Morgan fingerprint density at radius 1 is 1.44 bits per heavy atom. The number of amides is 1. The van der Waals surface area contributed by atoms with Crippen molar-refractivity contribution < 1.29 is 9.59 Å². The molecular weight excluding hydrogens is 270 g/mol. The summed E-state index contributed by atoms with van der Waals surface area (Å²) < 4.78 is 0.899. The number of carbonyl (C=O) groups is 2. The van der Waals surface area contributed by atoms with Crippen molar-refractivity contribution in [2.75, 3.05) is 6.54 Å². The molecule has 3 nitrogen and oxygen atoms in total. The fourth-order valence-electron chi connectivity index (χ4n) is 1.87. The summed E-state index contributed by atoms with van der Waals surface area (Å²) in [4.78, 5) is 24.9. The van der Waals surface area contributed by atoms with Crippen LogP contribution in [0.5, 0.6) is 0 Å². The van der Waals surface area contributed by atoms with Crippen LogP contribution in [0.15, 0.2) is 22.7 Å². The molecule has 16 heavy (non-hydrogen) atoms. The Labute approximate surface area is 103 Å². The number of hydrogen-bond acceptors (Lipinski definition) is 2. The zero-order chi connectivity index (χ0) is 11.7. The Balaban J connectivity index is 2.41. The molecule has 1 amide bonds. The molecule has 84 valence electrons. The largest absolute Gasteiger partial charge is 0.338 e. The summed E-state index contributed by atoms with van der Waals surface area (Å²) in [7, 11) is 0. The van der Waals surface area contributed by atoms with E-state index in [1.54, 1.807) is 4.90 Å². The second-order valence-electron chi connectivity index (χ2n) is 3.92. The second-order valence-corrected chi connectivity index (χ2v) is 4.83. The third kappa shape index (κ3) is 2.16. The summed E-state index contributed by atoms with van der Waals surface area (Å²) in [5.74, 6) is 0.128. The van der Waals surface area contributed by atoms with E-state index >= 15 is 0 Å². The van der Waals surface area contributed by atoms with E-state index in [2.05, 4.69) is 15.9 Å². The van der Waals surface area contributed by atoms with Gasteiger partial charge in [-0.05, 0) is 17.7 Å². The molecule has 1 aliphatic heterocycles. The topological polar surface area (TPSA) is 37.4 Å². The molecule has 1 aliphatic rings. The summed E-state index contributed by atoms with van der Waals surface area (Å²) in [6.07, 6.45) is 0.406. The van der Waals surface area contributed by atoms with Crippen LogP contribution in [0.4, 0.5) is 0 Å². The molecule has 2 rings (SSSR count). The third-order valence-corrected chi connectivity index (χ3v) is 3.28. The Bertz CT molecular complexity index is 456. The van der Waals surface area contributed by atoms with Gasteiger partial charge in [-0.25, -0.2) is 0 Å². The monoisotopic (exact) mass is 281 g/mol. The van der Waals surface area contributed by atoms with Crippen molar-refractivity contribution in [3.63, 3.8) is 0 Å². The van der Waals surface area contributed by atoms with E-state index in [4.69, 9.17) is 0 Å². The second kappa shape index (κ2) is 4.37. The predicted molar refractivity (Wildman–Crippen MR) is 64.2 cm³/mol. The minimum absolute atomic E-state index is 0.0172. The molecule has 4 heteroatoms. The Kier molecular flexibility index (Phi) is 3.10. The number of benzene rings is 1. The number of fused-ring (bicyclic) bond motifs is 1. The SMILES string of the molecule is CC(=O)N1CCC(=O)c2cc(Br)ccc2C1. The van der Waals surface area contributed by atoms with Crippen molar-refractivity contribution in [1.29, 1.82) is 0 Å². The van der Waals surface area contributed by atoms with E-state index in [1.165, 1.54) is 6.92 Å². The Morgan fingerprint density at radius 3 is 2.88 bits per heavy atom. The van der Waals surface area contributed by atoms with Crippen LogP contribution in [0.2, 0.25) is 0 Å². The summed E-state index contributed by atoms with van der Waals surface area (Å²) >= 11 is 3.35. The molecular formula is C12H12BrNO2. The van der Waals surface area contributed by atoms with Gasteiger partial charge >= 0.3 is 0 Å². The van der Waals surface area contributed by atoms with Crippen LogP contribution in [0.1, 0.15) is 29.3 Å². The van der Waals surface area contributed by atoms with Gasteiger partial charge < -0.3 is 4.90 Å². The predicted octanol–water partition coefficient (Wildman–Crippen LogP) is 2.38. The number of nitrogens with zero attached hydrogens (tertiary/aromatic N) is 1. The number of hydrogen-bond donors (Lipinski definition) is 0. The maximum atomic E-state index is 11.9. The maximum absolute atomic E-state index is 11.9. The fraction of sp³-hybridized carbons (Fsp3) is 0.333. The molecule has 0 fully saturated rings. The zero-order valence-electron chi connectivity index (χ0n) is 9.00. The van der Waals surface area contributed by atoms with Crippen LogP contribution < -0.4 is 0 Å². The van der Waals surface area contributed by atoms with Crippen LogP contribution in [-0.4, -0.2) is 23.1 Å². The van der Waals surface area contributed by atoms with Crippen molar-refractivity contribution in [3.05, 3.63) is 33.8 Å². The van der Waals surface area contributed by atoms with Gasteiger partial charge in [0.05, 0.1) is 0 Å². The minimum atomic E-state index is 0.0172. The molecule has 1 aromatic carbocycles. The lowest BCUT2D eigenvalue weighted by Gasteiger charge is -2.18. The highest BCUT2D eigenvalue weighted by Crippen LogP contribution is 2.22. The normalized spacial score (nSPS) is 15.6. The van der Waals surface area contributed by atoms with Crippen molar-refractivity contribution in [2.24, 2.45) is 0 Å². The van der Waals surface area contributed by atoms with Crippen LogP contribution in [0, 0.1) is 0 Å². The summed E-state index contributed by atoms with van der Waals surface area (Å²) in [5.41, 5.74) is 1.67. The number of halogens is 1. The van der Waals surface area contributed by atoms with Gasteiger partial charge in [0, 0.05) is 36.5 Å². The standard InChI is InChI=1S/C12H12BrNO2/c1-8(15)14-5-4-12(16)11-6-10(13)3-2-9(11)7-14/h2-3,6H,4-5,7H2,1H3. The first-order chi connectivity index (χ1) is 7.58. The van der Waals surface area contributed by atoms with Crippen LogP contribution in [0.3, 0.4) is 0 Å². The quantitative estimate of drug-likeness (QED) is 0.732. The van der Waals surface area contributed by atoms with Gasteiger partial charge in [0.2, 0.25) is 5.91 Å². The Hall–Kier alpha value is -1.16. The van der Waals surface area contributed by atoms with Gasteiger partial charge in [-0.15, -0.1) is 0 Å². The molecule has 0 saturated carbocycles. The summed E-state index contributed by atoms with van der Waals surface area (Å²) in [6, 6.07) is 5.63. The zero-order valence-corrected chi connectivity index (χ0v) is 10.6. The van der Waals surface area contributed by atoms with E-state index in [-0.39, 0.29) is 11.7 Å². The highest BCUT2D eigenvalue weighted by Gasteiger charge is 2.21. The lowest BCUT2D eigenvalue weighted by Crippen LogP contribution is -2.28. The number of carbonyl (C=O) groups excluding carboxylic acids is 2. The molecule has 1 aromatic rings. The maximum Gasteiger partial charge on any atom is 0.219 e. The first-order valence-electron chi connectivity index (χ1n) is 5.15. The molecule has 0 spiro atoms. The van der Waals surface area contributed by atoms with Gasteiger partial charge in [-0.3, -0.25) is 9.59 Å².